The molecular formula is C22H15BrO5. The van der Waals surface area contributed by atoms with Gasteiger partial charge in [0.2, 0.25) is 0 Å². The summed E-state index contributed by atoms with van der Waals surface area (Å²) >= 11 is 3.40. The normalized spacial score (nSPS) is 18.8. The highest BCUT2D eigenvalue weighted by Gasteiger charge is 2.53. The van der Waals surface area contributed by atoms with Crippen LogP contribution in [0.3, 0.4) is 0 Å². The first-order valence-corrected chi connectivity index (χ1v) is 9.93. The summed E-state index contributed by atoms with van der Waals surface area (Å²) in [6.45, 7) is 0. The molecule has 28 heavy (non-hydrogen) atoms. The van der Waals surface area contributed by atoms with Gasteiger partial charge in [-0.3, -0.25) is 0 Å². The van der Waals surface area contributed by atoms with Gasteiger partial charge in [-0.25, -0.2) is 4.79 Å². The van der Waals surface area contributed by atoms with E-state index in [4.69, 9.17) is 9.47 Å². The number of halogens is 1. The van der Waals surface area contributed by atoms with Crippen molar-refractivity contribution in [3.8, 4) is 23.0 Å². The van der Waals surface area contributed by atoms with E-state index in [1.165, 1.54) is 12.1 Å². The van der Waals surface area contributed by atoms with E-state index in [0.29, 0.717) is 45.5 Å². The molecule has 0 amide bonds. The van der Waals surface area contributed by atoms with Crippen LogP contribution in [0.2, 0.25) is 0 Å². The first kappa shape index (κ1) is 17.1. The van der Waals surface area contributed by atoms with Crippen LogP contribution >= 0.6 is 15.9 Å². The van der Waals surface area contributed by atoms with Gasteiger partial charge in [0.05, 0.1) is 5.56 Å². The Kier molecular flexibility index (Phi) is 3.67. The molecule has 0 saturated carbocycles. The summed E-state index contributed by atoms with van der Waals surface area (Å²) in [7, 11) is 0. The Morgan fingerprint density at radius 2 is 1.71 bits per heavy atom. The number of carbonyl (C=O) groups is 1. The second kappa shape index (κ2) is 6.01. The lowest BCUT2D eigenvalue weighted by Gasteiger charge is -2.37. The molecule has 5 rings (SSSR count). The van der Waals surface area contributed by atoms with Gasteiger partial charge in [-0.2, -0.15) is 0 Å². The van der Waals surface area contributed by atoms with E-state index in [-0.39, 0.29) is 11.5 Å². The number of esters is 1. The number of phenolic OH excluding ortho intramolecular Hbond substituents is 2. The smallest absolute Gasteiger partial charge is 0.340 e. The Balaban J connectivity index is 1.87. The number of hydrogen-bond acceptors (Lipinski definition) is 5. The number of aromatic hydroxyl groups is 2. The highest BCUT2D eigenvalue weighted by molar-refractivity contribution is 9.09. The Hall–Kier alpha value is -2.99. The molecule has 140 valence electrons. The third kappa shape index (κ3) is 2.21. The average molecular weight is 439 g/mol. The number of carbonyl (C=O) groups excluding carboxylic acids is 1. The molecule has 1 spiro atoms. The van der Waals surface area contributed by atoms with Crippen LogP contribution in [0.15, 0.2) is 54.6 Å². The summed E-state index contributed by atoms with van der Waals surface area (Å²) in [5.41, 5.74) is 2.01. The molecular weight excluding hydrogens is 424 g/mol. The zero-order valence-corrected chi connectivity index (χ0v) is 16.2. The number of alkyl halides is 1. The molecule has 0 aromatic heterocycles. The predicted octanol–water partition coefficient (Wildman–Crippen LogP) is 4.60. The second-order valence-corrected chi connectivity index (χ2v) is 7.61. The minimum absolute atomic E-state index is 0.0371. The molecule has 0 bridgehead atoms. The number of benzene rings is 3. The predicted molar refractivity (Wildman–Crippen MR) is 106 cm³/mol. The van der Waals surface area contributed by atoms with Gasteiger partial charge >= 0.3 is 5.97 Å². The number of phenols is 2. The molecule has 3 aromatic rings. The van der Waals surface area contributed by atoms with Crippen molar-refractivity contribution in [1.82, 2.24) is 0 Å². The molecule has 5 nitrogen and oxygen atoms in total. The second-order valence-electron chi connectivity index (χ2n) is 6.81. The van der Waals surface area contributed by atoms with E-state index in [0.717, 1.165) is 5.56 Å². The van der Waals surface area contributed by atoms with Gasteiger partial charge in [-0.1, -0.05) is 34.1 Å². The van der Waals surface area contributed by atoms with Crippen LogP contribution in [0.4, 0.5) is 0 Å². The van der Waals surface area contributed by atoms with Gasteiger partial charge in [0.15, 0.2) is 5.60 Å². The van der Waals surface area contributed by atoms with E-state index in [9.17, 15) is 15.0 Å². The van der Waals surface area contributed by atoms with Crippen LogP contribution in [0.1, 0.15) is 32.6 Å². The maximum atomic E-state index is 12.7. The van der Waals surface area contributed by atoms with Crippen molar-refractivity contribution >= 4 is 21.9 Å². The zero-order chi connectivity index (χ0) is 19.5. The van der Waals surface area contributed by atoms with Crippen molar-refractivity contribution in [2.45, 2.75) is 12.0 Å². The monoisotopic (exact) mass is 438 g/mol. The Morgan fingerprint density at radius 3 is 2.54 bits per heavy atom. The first-order valence-electron chi connectivity index (χ1n) is 8.81. The highest BCUT2D eigenvalue weighted by Crippen LogP contribution is 2.57. The van der Waals surface area contributed by atoms with E-state index >= 15 is 0 Å². The Labute approximate surface area is 169 Å². The zero-order valence-electron chi connectivity index (χ0n) is 14.6. The quantitative estimate of drug-likeness (QED) is 0.451. The van der Waals surface area contributed by atoms with Crippen LogP contribution < -0.4 is 4.74 Å². The number of rotatable bonds is 2. The minimum atomic E-state index is -1.20. The van der Waals surface area contributed by atoms with Crippen LogP contribution in [0.25, 0.3) is 0 Å². The average Bonchev–Trinajstić information content (AvgIpc) is 2.97. The number of ether oxygens (including phenoxy) is 2. The van der Waals surface area contributed by atoms with Crippen molar-refractivity contribution in [2.24, 2.45) is 0 Å². The van der Waals surface area contributed by atoms with E-state index < -0.39 is 11.6 Å². The molecule has 2 heterocycles. The van der Waals surface area contributed by atoms with Gasteiger partial charge in [0.25, 0.3) is 0 Å². The molecule has 3 aromatic carbocycles. The molecule has 0 saturated heterocycles. The van der Waals surface area contributed by atoms with E-state index in [2.05, 4.69) is 15.9 Å². The highest BCUT2D eigenvalue weighted by atomic mass is 79.9. The SMILES string of the molecule is O=C1OC2(c3ccc(O)cc3Oc3cc(O)c(CCBr)cc32)c2ccccc21. The van der Waals surface area contributed by atoms with Crippen LogP contribution in [0.5, 0.6) is 23.0 Å². The fourth-order valence-electron chi connectivity index (χ4n) is 4.04. The maximum Gasteiger partial charge on any atom is 0.340 e. The summed E-state index contributed by atoms with van der Waals surface area (Å²) < 4.78 is 12.0. The van der Waals surface area contributed by atoms with Crippen molar-refractivity contribution in [3.63, 3.8) is 0 Å². The number of hydrogen-bond donors (Lipinski definition) is 2. The molecule has 0 radical (unpaired) electrons. The van der Waals surface area contributed by atoms with Gasteiger partial charge in [0.1, 0.15) is 23.0 Å². The minimum Gasteiger partial charge on any atom is -0.508 e. The van der Waals surface area contributed by atoms with Gasteiger partial charge < -0.3 is 19.7 Å². The third-order valence-corrected chi connectivity index (χ3v) is 5.66. The first-order chi connectivity index (χ1) is 13.5. The summed E-state index contributed by atoms with van der Waals surface area (Å²) in [4.78, 5) is 12.7. The van der Waals surface area contributed by atoms with Crippen LogP contribution in [-0.4, -0.2) is 21.5 Å². The summed E-state index contributed by atoms with van der Waals surface area (Å²) in [5, 5.41) is 21.0. The van der Waals surface area contributed by atoms with Crippen LogP contribution in [0, 0.1) is 0 Å². The van der Waals surface area contributed by atoms with Gasteiger partial charge in [-0.15, -0.1) is 0 Å². The van der Waals surface area contributed by atoms with Crippen molar-refractivity contribution < 1.29 is 24.5 Å². The van der Waals surface area contributed by atoms with E-state index in [1.807, 2.05) is 18.2 Å². The topological polar surface area (TPSA) is 76.0 Å². The molecule has 2 N–H and O–H groups in total. The Bertz CT molecular complexity index is 1140. The summed E-state index contributed by atoms with van der Waals surface area (Å²) in [6, 6.07) is 15.4. The number of aryl methyl sites for hydroxylation is 1. The fraction of sp³-hybridized carbons (Fsp3) is 0.136. The van der Waals surface area contributed by atoms with E-state index in [1.54, 1.807) is 24.3 Å². The van der Waals surface area contributed by atoms with Crippen LogP contribution in [-0.2, 0) is 16.8 Å². The summed E-state index contributed by atoms with van der Waals surface area (Å²) in [5.74, 6) is 0.491. The molecule has 1 unspecified atom stereocenters. The molecule has 2 aliphatic rings. The fourth-order valence-corrected chi connectivity index (χ4v) is 4.47. The molecule has 0 fully saturated rings. The lowest BCUT2D eigenvalue weighted by molar-refractivity contribution is 0.0224. The lowest BCUT2D eigenvalue weighted by atomic mass is 9.77. The van der Waals surface area contributed by atoms with Crippen molar-refractivity contribution in [1.29, 1.82) is 0 Å². The summed E-state index contributed by atoms with van der Waals surface area (Å²) in [6.07, 6.45) is 0.604. The standard InChI is InChI=1S/C22H15BrO5/c23-8-7-12-9-17-20(11-18(12)25)27-19-10-13(24)5-6-16(19)22(17)15-4-2-1-3-14(15)21(26)28-22/h1-6,9-11,24-25H,7-8H2. The number of fused-ring (bicyclic) bond motifs is 6. The molecule has 2 aliphatic heterocycles. The van der Waals surface area contributed by atoms with Gasteiger partial charge in [0, 0.05) is 34.2 Å². The molecule has 0 aliphatic carbocycles. The third-order valence-electron chi connectivity index (χ3n) is 5.26. The molecule has 1 atom stereocenters. The largest absolute Gasteiger partial charge is 0.508 e. The lowest BCUT2D eigenvalue weighted by Crippen LogP contribution is -2.33. The van der Waals surface area contributed by atoms with Gasteiger partial charge in [-0.05, 0) is 36.2 Å². The molecule has 6 heteroatoms. The maximum absolute atomic E-state index is 12.7. The van der Waals surface area contributed by atoms with Crippen molar-refractivity contribution in [3.05, 3.63) is 82.4 Å². The van der Waals surface area contributed by atoms with Crippen molar-refractivity contribution in [2.75, 3.05) is 5.33 Å². The Morgan fingerprint density at radius 1 is 0.929 bits per heavy atom.